The molecule has 3 heterocycles. The van der Waals surface area contributed by atoms with Crippen LogP contribution >= 0.6 is 11.3 Å². The molecule has 1 aliphatic rings. The first-order valence-corrected chi connectivity index (χ1v) is 10.1. The van der Waals surface area contributed by atoms with Crippen LogP contribution in [0, 0.1) is 0 Å². The van der Waals surface area contributed by atoms with Gasteiger partial charge in [0.15, 0.2) is 4.96 Å². The standard InChI is InChI=1S/C20H24N4OS/c1-14(2)15-5-7-16(8-6-15)21-17-4-3-9-23(12-17)19(25)18-13-24-10-11-26-20(24)22-18/h5-8,10-11,13-14,17,21H,3-4,9,12H2,1-2H3/t17-/m0/s1. The van der Waals surface area contributed by atoms with E-state index < -0.39 is 0 Å². The Kier molecular flexibility index (Phi) is 4.68. The molecule has 1 aliphatic heterocycles. The maximum Gasteiger partial charge on any atom is 0.274 e. The highest BCUT2D eigenvalue weighted by molar-refractivity contribution is 7.15. The first kappa shape index (κ1) is 17.1. The van der Waals surface area contributed by atoms with Crippen molar-refractivity contribution in [2.45, 2.75) is 38.6 Å². The number of imidazole rings is 1. The minimum atomic E-state index is 0.0301. The maximum atomic E-state index is 12.8. The summed E-state index contributed by atoms with van der Waals surface area (Å²) in [6.45, 7) is 5.92. The van der Waals surface area contributed by atoms with Gasteiger partial charge in [-0.25, -0.2) is 4.98 Å². The van der Waals surface area contributed by atoms with E-state index in [0.717, 1.165) is 36.6 Å². The number of fused-ring (bicyclic) bond motifs is 1. The molecule has 1 amide bonds. The van der Waals surface area contributed by atoms with Gasteiger partial charge in [0.1, 0.15) is 5.69 Å². The molecule has 0 saturated carbocycles. The lowest BCUT2D eigenvalue weighted by Crippen LogP contribution is -2.45. The van der Waals surface area contributed by atoms with Crippen molar-refractivity contribution in [3.05, 3.63) is 53.3 Å². The number of thiazole rings is 1. The summed E-state index contributed by atoms with van der Waals surface area (Å²) in [6.07, 6.45) is 5.85. The number of anilines is 1. The van der Waals surface area contributed by atoms with Crippen molar-refractivity contribution in [3.63, 3.8) is 0 Å². The molecule has 1 saturated heterocycles. The summed E-state index contributed by atoms with van der Waals surface area (Å²) in [7, 11) is 0. The van der Waals surface area contributed by atoms with Crippen molar-refractivity contribution < 1.29 is 4.79 Å². The highest BCUT2D eigenvalue weighted by Crippen LogP contribution is 2.21. The third-order valence-electron chi connectivity index (χ3n) is 4.97. The van der Waals surface area contributed by atoms with Gasteiger partial charge in [-0.3, -0.25) is 9.20 Å². The van der Waals surface area contributed by atoms with Crippen molar-refractivity contribution in [3.8, 4) is 0 Å². The van der Waals surface area contributed by atoms with Crippen LogP contribution in [0.25, 0.3) is 4.96 Å². The average Bonchev–Trinajstić information content (AvgIpc) is 3.24. The van der Waals surface area contributed by atoms with Gasteiger partial charge in [-0.2, -0.15) is 0 Å². The molecule has 1 atom stereocenters. The minimum Gasteiger partial charge on any atom is -0.381 e. The number of benzene rings is 1. The van der Waals surface area contributed by atoms with Crippen molar-refractivity contribution in [1.82, 2.24) is 14.3 Å². The Morgan fingerprint density at radius 3 is 2.85 bits per heavy atom. The molecule has 5 nitrogen and oxygen atoms in total. The van der Waals surface area contributed by atoms with Gasteiger partial charge < -0.3 is 10.2 Å². The Bertz CT molecular complexity index is 868. The molecule has 1 fully saturated rings. The van der Waals surface area contributed by atoms with Crippen LogP contribution in [0.4, 0.5) is 5.69 Å². The summed E-state index contributed by atoms with van der Waals surface area (Å²) in [5.41, 5.74) is 3.01. The molecule has 0 spiro atoms. The van der Waals surface area contributed by atoms with E-state index >= 15 is 0 Å². The predicted molar refractivity (Wildman–Crippen MR) is 106 cm³/mol. The van der Waals surface area contributed by atoms with Crippen LogP contribution in [0.3, 0.4) is 0 Å². The second-order valence-electron chi connectivity index (χ2n) is 7.23. The number of nitrogens with one attached hydrogen (secondary N) is 1. The van der Waals surface area contributed by atoms with Crippen molar-refractivity contribution in [1.29, 1.82) is 0 Å². The molecule has 0 bridgehead atoms. The number of carbonyl (C=O) groups excluding carboxylic acids is 1. The van der Waals surface area contributed by atoms with Crippen molar-refractivity contribution in [2.75, 3.05) is 18.4 Å². The molecule has 0 aliphatic carbocycles. The largest absolute Gasteiger partial charge is 0.381 e. The molecule has 0 radical (unpaired) electrons. The summed E-state index contributed by atoms with van der Waals surface area (Å²) >= 11 is 1.55. The number of amides is 1. The first-order valence-electron chi connectivity index (χ1n) is 9.18. The number of nitrogens with zero attached hydrogens (tertiary/aromatic N) is 3. The van der Waals surface area contributed by atoms with Crippen LogP contribution in [0.5, 0.6) is 0 Å². The molecular formula is C20H24N4OS. The topological polar surface area (TPSA) is 49.6 Å². The van der Waals surface area contributed by atoms with E-state index in [1.54, 1.807) is 11.3 Å². The molecule has 1 N–H and O–H groups in total. The zero-order chi connectivity index (χ0) is 18.1. The number of likely N-dealkylation sites (tertiary alicyclic amines) is 1. The van der Waals surface area contributed by atoms with Gasteiger partial charge in [0.05, 0.1) is 0 Å². The lowest BCUT2D eigenvalue weighted by Gasteiger charge is -2.33. The Morgan fingerprint density at radius 1 is 1.31 bits per heavy atom. The van der Waals surface area contributed by atoms with Gasteiger partial charge in [0.25, 0.3) is 5.91 Å². The van der Waals surface area contributed by atoms with E-state index in [9.17, 15) is 4.79 Å². The second kappa shape index (κ2) is 7.11. The molecule has 2 aromatic heterocycles. The van der Waals surface area contributed by atoms with Crippen LogP contribution in [-0.2, 0) is 0 Å². The second-order valence-corrected chi connectivity index (χ2v) is 8.10. The van der Waals surface area contributed by atoms with Crippen LogP contribution in [0.2, 0.25) is 0 Å². The summed E-state index contributed by atoms with van der Waals surface area (Å²) in [5.74, 6) is 0.568. The van der Waals surface area contributed by atoms with E-state index in [2.05, 4.69) is 48.4 Å². The summed E-state index contributed by atoms with van der Waals surface area (Å²) in [5, 5.41) is 5.56. The van der Waals surface area contributed by atoms with E-state index in [-0.39, 0.29) is 11.9 Å². The fourth-order valence-electron chi connectivity index (χ4n) is 3.47. The highest BCUT2D eigenvalue weighted by Gasteiger charge is 2.26. The number of hydrogen-bond donors (Lipinski definition) is 1. The molecule has 3 aromatic rings. The Balaban J connectivity index is 1.41. The van der Waals surface area contributed by atoms with Gasteiger partial charge in [-0.1, -0.05) is 26.0 Å². The van der Waals surface area contributed by atoms with Gasteiger partial charge >= 0.3 is 0 Å². The normalized spacial score (nSPS) is 17.8. The molecule has 1 aromatic carbocycles. The predicted octanol–water partition coefficient (Wildman–Crippen LogP) is 4.24. The fourth-order valence-corrected chi connectivity index (χ4v) is 4.17. The monoisotopic (exact) mass is 368 g/mol. The lowest BCUT2D eigenvalue weighted by atomic mass is 10.0. The van der Waals surface area contributed by atoms with E-state index in [0.29, 0.717) is 11.6 Å². The van der Waals surface area contributed by atoms with E-state index in [1.165, 1.54) is 5.56 Å². The molecular weight excluding hydrogens is 344 g/mol. The quantitative estimate of drug-likeness (QED) is 0.749. The van der Waals surface area contributed by atoms with Crippen LogP contribution in [-0.4, -0.2) is 39.3 Å². The Morgan fingerprint density at radius 2 is 2.12 bits per heavy atom. The van der Waals surface area contributed by atoms with Crippen molar-refractivity contribution >= 4 is 27.9 Å². The number of piperidine rings is 1. The number of carbonyl (C=O) groups is 1. The zero-order valence-electron chi connectivity index (χ0n) is 15.2. The molecule has 26 heavy (non-hydrogen) atoms. The number of aromatic nitrogens is 2. The smallest absolute Gasteiger partial charge is 0.274 e. The highest BCUT2D eigenvalue weighted by atomic mass is 32.1. The van der Waals surface area contributed by atoms with Gasteiger partial charge in [-0.15, -0.1) is 11.3 Å². The first-order chi connectivity index (χ1) is 12.6. The number of hydrogen-bond acceptors (Lipinski definition) is 4. The summed E-state index contributed by atoms with van der Waals surface area (Å²) < 4.78 is 1.91. The van der Waals surface area contributed by atoms with E-state index in [4.69, 9.17) is 0 Å². The van der Waals surface area contributed by atoms with Crippen LogP contribution < -0.4 is 5.32 Å². The summed E-state index contributed by atoms with van der Waals surface area (Å²) in [4.78, 5) is 20.1. The van der Waals surface area contributed by atoms with Crippen LogP contribution in [0.15, 0.2) is 42.0 Å². The maximum absolute atomic E-state index is 12.8. The van der Waals surface area contributed by atoms with Gasteiger partial charge in [0.2, 0.25) is 0 Å². The Labute approximate surface area is 157 Å². The Hall–Kier alpha value is -2.34. The third kappa shape index (κ3) is 3.46. The van der Waals surface area contributed by atoms with Gasteiger partial charge in [-0.05, 0) is 36.5 Å². The van der Waals surface area contributed by atoms with Crippen molar-refractivity contribution in [2.24, 2.45) is 0 Å². The molecule has 6 heteroatoms. The minimum absolute atomic E-state index is 0.0301. The third-order valence-corrected chi connectivity index (χ3v) is 5.74. The van der Waals surface area contributed by atoms with Gasteiger partial charge in [0, 0.05) is 42.6 Å². The average molecular weight is 369 g/mol. The fraction of sp³-hybridized carbons (Fsp3) is 0.400. The molecule has 4 rings (SSSR count). The SMILES string of the molecule is CC(C)c1ccc(N[C@H]2CCCN(C(=O)c3cn4ccsc4n3)C2)cc1. The zero-order valence-corrected chi connectivity index (χ0v) is 16.0. The lowest BCUT2D eigenvalue weighted by molar-refractivity contribution is 0.0709. The van der Waals surface area contributed by atoms with E-state index in [1.807, 2.05) is 27.1 Å². The number of rotatable bonds is 4. The van der Waals surface area contributed by atoms with Crippen LogP contribution in [0.1, 0.15) is 48.7 Å². The molecule has 136 valence electrons. The molecule has 0 unspecified atom stereocenters. The summed E-state index contributed by atoms with van der Waals surface area (Å²) in [6, 6.07) is 8.91.